The van der Waals surface area contributed by atoms with Gasteiger partial charge in [-0.3, -0.25) is 0 Å². The van der Waals surface area contributed by atoms with Crippen LogP contribution in [-0.2, 0) is 6.42 Å². The van der Waals surface area contributed by atoms with Crippen LogP contribution in [0, 0.1) is 12.7 Å². The van der Waals surface area contributed by atoms with Crippen LogP contribution in [0.25, 0.3) is 10.9 Å². The van der Waals surface area contributed by atoms with Crippen molar-refractivity contribution < 1.29 is 4.39 Å². The molecule has 15 heavy (non-hydrogen) atoms. The van der Waals surface area contributed by atoms with E-state index in [1.54, 1.807) is 0 Å². The SMILES string of the molecule is CCc1nc2ccc(N)c(C)c2cc1F. The Morgan fingerprint density at radius 1 is 1.40 bits per heavy atom. The van der Waals surface area contributed by atoms with E-state index in [4.69, 9.17) is 5.73 Å². The number of halogens is 1. The fourth-order valence-electron chi connectivity index (χ4n) is 1.67. The average Bonchev–Trinajstić information content (AvgIpc) is 2.24. The molecule has 1 heterocycles. The zero-order chi connectivity index (χ0) is 11.0. The molecule has 0 fully saturated rings. The van der Waals surface area contributed by atoms with E-state index in [0.29, 0.717) is 17.8 Å². The summed E-state index contributed by atoms with van der Waals surface area (Å²) in [5.41, 5.74) is 8.63. The van der Waals surface area contributed by atoms with Crippen molar-refractivity contribution in [1.29, 1.82) is 0 Å². The molecule has 0 amide bonds. The molecule has 2 rings (SSSR count). The van der Waals surface area contributed by atoms with Crippen LogP contribution in [0.3, 0.4) is 0 Å². The lowest BCUT2D eigenvalue weighted by Gasteiger charge is -2.07. The van der Waals surface area contributed by atoms with Crippen LogP contribution in [0.5, 0.6) is 0 Å². The van der Waals surface area contributed by atoms with Crippen LogP contribution in [-0.4, -0.2) is 4.98 Å². The van der Waals surface area contributed by atoms with Gasteiger partial charge in [0.15, 0.2) is 0 Å². The second-order valence-corrected chi connectivity index (χ2v) is 3.62. The van der Waals surface area contributed by atoms with Gasteiger partial charge in [-0.25, -0.2) is 9.37 Å². The summed E-state index contributed by atoms with van der Waals surface area (Å²) >= 11 is 0. The van der Waals surface area contributed by atoms with Gasteiger partial charge < -0.3 is 5.73 Å². The van der Waals surface area contributed by atoms with Crippen LogP contribution >= 0.6 is 0 Å². The Labute approximate surface area is 87.9 Å². The van der Waals surface area contributed by atoms with Gasteiger partial charge in [0.2, 0.25) is 0 Å². The third-order valence-electron chi connectivity index (χ3n) is 2.67. The van der Waals surface area contributed by atoms with E-state index >= 15 is 0 Å². The van der Waals surface area contributed by atoms with Gasteiger partial charge in [-0.2, -0.15) is 0 Å². The van der Waals surface area contributed by atoms with E-state index in [9.17, 15) is 4.39 Å². The van der Waals surface area contributed by atoms with Crippen molar-refractivity contribution in [2.75, 3.05) is 5.73 Å². The monoisotopic (exact) mass is 204 g/mol. The third kappa shape index (κ3) is 1.54. The van der Waals surface area contributed by atoms with E-state index in [0.717, 1.165) is 16.5 Å². The number of anilines is 1. The molecule has 0 aliphatic heterocycles. The van der Waals surface area contributed by atoms with Crippen molar-refractivity contribution >= 4 is 16.6 Å². The summed E-state index contributed by atoms with van der Waals surface area (Å²) in [4.78, 5) is 4.26. The Hall–Kier alpha value is -1.64. The first-order chi connectivity index (χ1) is 7.13. The van der Waals surface area contributed by atoms with Crippen LogP contribution in [0.4, 0.5) is 10.1 Å². The Morgan fingerprint density at radius 2 is 2.13 bits per heavy atom. The van der Waals surface area contributed by atoms with Gasteiger partial charge in [0.25, 0.3) is 0 Å². The molecule has 0 unspecified atom stereocenters. The minimum Gasteiger partial charge on any atom is -0.398 e. The number of nitrogens with two attached hydrogens (primary N) is 1. The number of nitrogens with zero attached hydrogens (tertiary/aromatic N) is 1. The van der Waals surface area contributed by atoms with Crippen LogP contribution in [0.2, 0.25) is 0 Å². The molecule has 0 radical (unpaired) electrons. The van der Waals surface area contributed by atoms with E-state index in [2.05, 4.69) is 4.98 Å². The van der Waals surface area contributed by atoms with Crippen molar-refractivity contribution in [3.8, 4) is 0 Å². The molecular formula is C12H13FN2. The highest BCUT2D eigenvalue weighted by Crippen LogP contribution is 2.23. The maximum atomic E-state index is 13.5. The molecule has 2 aromatic rings. The molecule has 0 spiro atoms. The average molecular weight is 204 g/mol. The molecule has 0 bridgehead atoms. The zero-order valence-electron chi connectivity index (χ0n) is 8.84. The summed E-state index contributed by atoms with van der Waals surface area (Å²) in [5, 5.41) is 0.796. The predicted octanol–water partition coefficient (Wildman–Crippen LogP) is 2.83. The maximum Gasteiger partial charge on any atom is 0.145 e. The number of fused-ring (bicyclic) bond motifs is 1. The number of aromatic nitrogens is 1. The number of benzene rings is 1. The molecule has 1 aromatic heterocycles. The van der Waals surface area contributed by atoms with Gasteiger partial charge in [-0.1, -0.05) is 6.92 Å². The van der Waals surface area contributed by atoms with Gasteiger partial charge in [0.1, 0.15) is 5.82 Å². The van der Waals surface area contributed by atoms with Gasteiger partial charge in [-0.15, -0.1) is 0 Å². The summed E-state index contributed by atoms with van der Waals surface area (Å²) < 4.78 is 13.5. The lowest BCUT2D eigenvalue weighted by Crippen LogP contribution is -1.97. The smallest absolute Gasteiger partial charge is 0.145 e. The van der Waals surface area contributed by atoms with E-state index in [-0.39, 0.29) is 5.82 Å². The van der Waals surface area contributed by atoms with Gasteiger partial charge >= 0.3 is 0 Å². The highest BCUT2D eigenvalue weighted by atomic mass is 19.1. The second kappa shape index (κ2) is 3.50. The first kappa shape index (κ1) is 9.90. The molecule has 1 aromatic carbocycles. The van der Waals surface area contributed by atoms with Crippen molar-refractivity contribution in [3.63, 3.8) is 0 Å². The number of hydrogen-bond donors (Lipinski definition) is 1. The molecule has 3 heteroatoms. The molecule has 0 saturated carbocycles. The first-order valence-corrected chi connectivity index (χ1v) is 4.97. The molecule has 78 valence electrons. The van der Waals surface area contributed by atoms with E-state index in [1.165, 1.54) is 6.07 Å². The number of aryl methyl sites for hydroxylation is 2. The fraction of sp³-hybridized carbons (Fsp3) is 0.250. The van der Waals surface area contributed by atoms with Crippen molar-refractivity contribution in [3.05, 3.63) is 35.3 Å². The number of nitrogen functional groups attached to an aromatic ring is 1. The molecule has 2 nitrogen and oxygen atoms in total. The lowest BCUT2D eigenvalue weighted by atomic mass is 10.1. The molecular weight excluding hydrogens is 191 g/mol. The highest BCUT2D eigenvalue weighted by Gasteiger charge is 2.07. The quantitative estimate of drug-likeness (QED) is 0.725. The zero-order valence-corrected chi connectivity index (χ0v) is 8.84. The number of rotatable bonds is 1. The van der Waals surface area contributed by atoms with Gasteiger partial charge in [0.05, 0.1) is 11.2 Å². The van der Waals surface area contributed by atoms with Crippen LogP contribution in [0.1, 0.15) is 18.2 Å². The molecule has 0 aliphatic rings. The summed E-state index contributed by atoms with van der Waals surface area (Å²) in [6, 6.07) is 5.16. The predicted molar refractivity (Wildman–Crippen MR) is 60.2 cm³/mol. The van der Waals surface area contributed by atoms with Gasteiger partial charge in [-0.05, 0) is 37.1 Å². The van der Waals surface area contributed by atoms with E-state index < -0.39 is 0 Å². The Bertz CT molecular complexity index is 521. The molecule has 0 saturated heterocycles. The molecule has 2 N–H and O–H groups in total. The lowest BCUT2D eigenvalue weighted by molar-refractivity contribution is 0.605. The summed E-state index contributed by atoms with van der Waals surface area (Å²) in [5.74, 6) is -0.251. The summed E-state index contributed by atoms with van der Waals surface area (Å²) in [6.45, 7) is 3.77. The molecule has 0 atom stereocenters. The Balaban J connectivity index is 2.81. The Kier molecular flexibility index (Phi) is 2.31. The van der Waals surface area contributed by atoms with Crippen molar-refractivity contribution in [2.45, 2.75) is 20.3 Å². The van der Waals surface area contributed by atoms with Crippen LogP contribution < -0.4 is 5.73 Å². The van der Waals surface area contributed by atoms with Crippen molar-refractivity contribution in [2.24, 2.45) is 0 Å². The summed E-state index contributed by atoms with van der Waals surface area (Å²) in [6.07, 6.45) is 0.602. The second-order valence-electron chi connectivity index (χ2n) is 3.62. The largest absolute Gasteiger partial charge is 0.398 e. The topological polar surface area (TPSA) is 38.9 Å². The minimum atomic E-state index is -0.251. The number of hydrogen-bond acceptors (Lipinski definition) is 2. The number of pyridine rings is 1. The van der Waals surface area contributed by atoms with Crippen molar-refractivity contribution in [1.82, 2.24) is 4.98 Å². The normalized spacial score (nSPS) is 10.9. The fourth-order valence-corrected chi connectivity index (χ4v) is 1.67. The summed E-state index contributed by atoms with van der Waals surface area (Å²) in [7, 11) is 0. The highest BCUT2D eigenvalue weighted by molar-refractivity contribution is 5.86. The first-order valence-electron chi connectivity index (χ1n) is 4.97. The van der Waals surface area contributed by atoms with Gasteiger partial charge in [0, 0.05) is 11.1 Å². The molecule has 0 aliphatic carbocycles. The standard InChI is InChI=1S/C12H13FN2/c1-3-11-9(13)6-8-7(2)10(14)4-5-12(8)15-11/h4-6H,3,14H2,1-2H3. The minimum absolute atomic E-state index is 0.251. The Morgan fingerprint density at radius 3 is 2.80 bits per heavy atom. The van der Waals surface area contributed by atoms with E-state index in [1.807, 2.05) is 26.0 Å². The third-order valence-corrected chi connectivity index (χ3v) is 2.67. The maximum absolute atomic E-state index is 13.5. The van der Waals surface area contributed by atoms with Crippen LogP contribution in [0.15, 0.2) is 18.2 Å².